The van der Waals surface area contributed by atoms with Crippen molar-refractivity contribution in [1.29, 1.82) is 0 Å². The van der Waals surface area contributed by atoms with E-state index in [-0.39, 0.29) is 5.78 Å². The molecule has 2 aromatic rings. The Labute approximate surface area is 124 Å². The van der Waals surface area contributed by atoms with Gasteiger partial charge in [-0.2, -0.15) is 11.3 Å². The minimum absolute atomic E-state index is 0.229. The van der Waals surface area contributed by atoms with Crippen LogP contribution in [0.3, 0.4) is 0 Å². The molecule has 0 bridgehead atoms. The molecule has 1 aliphatic carbocycles. The molecule has 3 rings (SSSR count). The Hall–Kier alpha value is -1.45. The van der Waals surface area contributed by atoms with E-state index in [1.54, 1.807) is 11.3 Å². The van der Waals surface area contributed by atoms with Gasteiger partial charge in [-0.1, -0.05) is 29.8 Å². The van der Waals surface area contributed by atoms with E-state index in [0.717, 1.165) is 12.1 Å². The molecule has 20 heavy (non-hydrogen) atoms. The molecule has 1 aromatic carbocycles. The van der Waals surface area contributed by atoms with Gasteiger partial charge in [0.25, 0.3) is 0 Å². The standard InChI is InChI=1S/C17H19NOS/c1-13-2-4-15(5-3-13)17(19)11-18(16-6-7-16)10-14-8-9-20-12-14/h2-5,8-9,12,16H,6-7,10-11H2,1H3. The lowest BCUT2D eigenvalue weighted by Gasteiger charge is -2.20. The molecule has 0 radical (unpaired) electrons. The SMILES string of the molecule is Cc1ccc(C(=O)CN(Cc2ccsc2)C2CC2)cc1. The van der Waals surface area contributed by atoms with Crippen molar-refractivity contribution < 1.29 is 4.79 Å². The quantitative estimate of drug-likeness (QED) is 0.750. The van der Waals surface area contributed by atoms with Crippen LogP contribution in [0.2, 0.25) is 0 Å². The number of carbonyl (C=O) groups excluding carboxylic acids is 1. The van der Waals surface area contributed by atoms with E-state index >= 15 is 0 Å². The van der Waals surface area contributed by atoms with E-state index in [1.807, 2.05) is 31.2 Å². The van der Waals surface area contributed by atoms with Crippen molar-refractivity contribution in [3.05, 3.63) is 57.8 Å². The summed E-state index contributed by atoms with van der Waals surface area (Å²) in [4.78, 5) is 14.7. The number of aryl methyl sites for hydroxylation is 1. The van der Waals surface area contributed by atoms with E-state index in [1.165, 1.54) is 24.0 Å². The van der Waals surface area contributed by atoms with E-state index in [9.17, 15) is 4.79 Å². The Morgan fingerprint density at radius 2 is 2.00 bits per heavy atom. The van der Waals surface area contributed by atoms with Gasteiger partial charge < -0.3 is 0 Å². The van der Waals surface area contributed by atoms with E-state index < -0.39 is 0 Å². The van der Waals surface area contributed by atoms with Crippen LogP contribution in [0.5, 0.6) is 0 Å². The number of thiophene rings is 1. The lowest BCUT2D eigenvalue weighted by Crippen LogP contribution is -2.31. The summed E-state index contributed by atoms with van der Waals surface area (Å²) >= 11 is 1.72. The van der Waals surface area contributed by atoms with Crippen LogP contribution in [-0.4, -0.2) is 23.3 Å². The molecule has 0 atom stereocenters. The number of Topliss-reactive ketones (excluding diaryl/α,β-unsaturated/α-hetero) is 1. The highest BCUT2D eigenvalue weighted by molar-refractivity contribution is 7.07. The summed E-state index contributed by atoms with van der Waals surface area (Å²) in [5, 5.41) is 4.27. The van der Waals surface area contributed by atoms with Crippen LogP contribution in [-0.2, 0) is 6.54 Å². The molecule has 3 heteroatoms. The number of benzene rings is 1. The number of hydrogen-bond acceptors (Lipinski definition) is 3. The summed E-state index contributed by atoms with van der Waals surface area (Å²) in [5.41, 5.74) is 3.34. The first-order valence-electron chi connectivity index (χ1n) is 7.07. The Kier molecular flexibility index (Phi) is 3.99. The lowest BCUT2D eigenvalue weighted by atomic mass is 10.1. The first kappa shape index (κ1) is 13.5. The molecule has 1 saturated carbocycles. The smallest absolute Gasteiger partial charge is 0.176 e. The highest BCUT2D eigenvalue weighted by atomic mass is 32.1. The predicted octanol–water partition coefficient (Wildman–Crippen LogP) is 3.90. The second-order valence-corrected chi connectivity index (χ2v) is 6.34. The van der Waals surface area contributed by atoms with E-state index in [0.29, 0.717) is 12.6 Å². The third kappa shape index (κ3) is 3.35. The highest BCUT2D eigenvalue weighted by Gasteiger charge is 2.30. The maximum absolute atomic E-state index is 12.4. The topological polar surface area (TPSA) is 20.3 Å². The van der Waals surface area contributed by atoms with Crippen molar-refractivity contribution >= 4 is 17.1 Å². The second-order valence-electron chi connectivity index (χ2n) is 5.56. The molecule has 1 aliphatic rings. The maximum Gasteiger partial charge on any atom is 0.176 e. The van der Waals surface area contributed by atoms with Gasteiger partial charge in [-0.25, -0.2) is 0 Å². The fourth-order valence-electron chi connectivity index (χ4n) is 2.39. The molecule has 1 heterocycles. The average molecular weight is 285 g/mol. The summed E-state index contributed by atoms with van der Waals surface area (Å²) in [6.07, 6.45) is 2.45. The van der Waals surface area contributed by atoms with Gasteiger partial charge in [-0.15, -0.1) is 0 Å². The third-order valence-corrected chi connectivity index (χ3v) is 4.48. The van der Waals surface area contributed by atoms with E-state index in [4.69, 9.17) is 0 Å². The van der Waals surface area contributed by atoms with Crippen LogP contribution >= 0.6 is 11.3 Å². The zero-order valence-corrected chi connectivity index (χ0v) is 12.5. The minimum atomic E-state index is 0.229. The summed E-state index contributed by atoms with van der Waals surface area (Å²) in [6, 6.07) is 10.6. The van der Waals surface area contributed by atoms with Gasteiger partial charge in [0.15, 0.2) is 5.78 Å². The van der Waals surface area contributed by atoms with Gasteiger partial charge >= 0.3 is 0 Å². The Balaban J connectivity index is 1.67. The molecular weight excluding hydrogens is 266 g/mol. The minimum Gasteiger partial charge on any atom is -0.293 e. The monoisotopic (exact) mass is 285 g/mol. The Morgan fingerprint density at radius 3 is 2.60 bits per heavy atom. The van der Waals surface area contributed by atoms with Crippen molar-refractivity contribution in [2.75, 3.05) is 6.54 Å². The maximum atomic E-state index is 12.4. The summed E-state index contributed by atoms with van der Waals surface area (Å²) in [7, 11) is 0. The van der Waals surface area contributed by atoms with Crippen LogP contribution in [0, 0.1) is 6.92 Å². The number of nitrogens with zero attached hydrogens (tertiary/aromatic N) is 1. The van der Waals surface area contributed by atoms with Crippen molar-refractivity contribution in [2.45, 2.75) is 32.4 Å². The summed E-state index contributed by atoms with van der Waals surface area (Å²) in [6.45, 7) is 3.47. The molecule has 0 aliphatic heterocycles. The highest BCUT2D eigenvalue weighted by Crippen LogP contribution is 2.28. The molecule has 104 valence electrons. The van der Waals surface area contributed by atoms with Crippen LogP contribution in [0.25, 0.3) is 0 Å². The van der Waals surface area contributed by atoms with Gasteiger partial charge in [-0.05, 0) is 42.2 Å². The predicted molar refractivity (Wildman–Crippen MR) is 83.3 cm³/mol. The zero-order chi connectivity index (χ0) is 13.9. The molecule has 0 amide bonds. The zero-order valence-electron chi connectivity index (χ0n) is 11.7. The molecule has 1 fully saturated rings. The third-order valence-electron chi connectivity index (χ3n) is 3.75. The van der Waals surface area contributed by atoms with Crippen molar-refractivity contribution in [2.24, 2.45) is 0 Å². The van der Waals surface area contributed by atoms with Crippen molar-refractivity contribution in [3.63, 3.8) is 0 Å². The number of ketones is 1. The Morgan fingerprint density at radius 1 is 1.25 bits per heavy atom. The number of hydrogen-bond donors (Lipinski definition) is 0. The van der Waals surface area contributed by atoms with Crippen LogP contribution in [0.4, 0.5) is 0 Å². The van der Waals surface area contributed by atoms with Crippen molar-refractivity contribution in [3.8, 4) is 0 Å². The molecule has 0 saturated heterocycles. The summed E-state index contributed by atoms with van der Waals surface area (Å²) in [5.74, 6) is 0.229. The molecule has 1 aromatic heterocycles. The molecular formula is C17H19NOS. The van der Waals surface area contributed by atoms with Crippen molar-refractivity contribution in [1.82, 2.24) is 4.90 Å². The number of rotatable bonds is 6. The molecule has 0 N–H and O–H groups in total. The average Bonchev–Trinajstić information content (AvgIpc) is 3.17. The van der Waals surface area contributed by atoms with Gasteiger partial charge in [0.2, 0.25) is 0 Å². The molecule has 2 nitrogen and oxygen atoms in total. The van der Waals surface area contributed by atoms with Crippen LogP contribution in [0.1, 0.15) is 34.3 Å². The molecule has 0 spiro atoms. The Bertz CT molecular complexity index is 570. The van der Waals surface area contributed by atoms with Crippen LogP contribution in [0.15, 0.2) is 41.1 Å². The first-order chi connectivity index (χ1) is 9.72. The lowest BCUT2D eigenvalue weighted by molar-refractivity contribution is 0.0919. The normalized spacial score (nSPS) is 14.7. The van der Waals surface area contributed by atoms with Gasteiger partial charge in [0.05, 0.1) is 6.54 Å². The summed E-state index contributed by atoms with van der Waals surface area (Å²) < 4.78 is 0. The fraction of sp³-hybridized carbons (Fsp3) is 0.353. The fourth-order valence-corrected chi connectivity index (χ4v) is 3.05. The van der Waals surface area contributed by atoms with E-state index in [2.05, 4.69) is 21.7 Å². The first-order valence-corrected chi connectivity index (χ1v) is 8.01. The largest absolute Gasteiger partial charge is 0.293 e. The van der Waals surface area contributed by atoms with Gasteiger partial charge in [0, 0.05) is 18.2 Å². The van der Waals surface area contributed by atoms with Gasteiger partial charge in [-0.3, -0.25) is 9.69 Å². The number of carbonyl (C=O) groups is 1. The molecule has 0 unspecified atom stereocenters. The van der Waals surface area contributed by atoms with Crippen LogP contribution < -0.4 is 0 Å². The second kappa shape index (κ2) is 5.90. The van der Waals surface area contributed by atoms with Gasteiger partial charge in [0.1, 0.15) is 0 Å².